The molecule has 0 amide bonds. The van der Waals surface area contributed by atoms with E-state index in [-0.39, 0.29) is 33.5 Å². The molecule has 0 spiro atoms. The molecule has 0 saturated heterocycles. The van der Waals surface area contributed by atoms with Crippen molar-refractivity contribution in [3.05, 3.63) is 102 Å². The van der Waals surface area contributed by atoms with E-state index < -0.39 is 11.4 Å². The summed E-state index contributed by atoms with van der Waals surface area (Å²) in [4.78, 5) is 29.2. The molecule has 0 aliphatic rings. The van der Waals surface area contributed by atoms with E-state index in [4.69, 9.17) is 38.0 Å². The van der Waals surface area contributed by atoms with Crippen LogP contribution in [0.1, 0.15) is 48.1 Å². The van der Waals surface area contributed by atoms with Crippen molar-refractivity contribution in [1.29, 1.82) is 0 Å². The molecule has 7 nitrogen and oxygen atoms in total. The van der Waals surface area contributed by atoms with Crippen LogP contribution in [0.2, 0.25) is 10.0 Å². The third kappa shape index (κ3) is 6.04. The van der Waals surface area contributed by atoms with Crippen LogP contribution in [0.25, 0.3) is 10.9 Å². The number of hydrogen-bond acceptors (Lipinski definition) is 5. The summed E-state index contributed by atoms with van der Waals surface area (Å²) in [5, 5.41) is 14.5. The second-order valence-corrected chi connectivity index (χ2v) is 11.0. The second-order valence-electron chi connectivity index (χ2n) is 9.32. The zero-order chi connectivity index (χ0) is 26.9. The molecule has 10 heteroatoms. The minimum atomic E-state index is -1.02. The molecule has 190 valence electrons. The number of rotatable bonds is 6. The van der Waals surface area contributed by atoms with Gasteiger partial charge in [-0.05, 0) is 53.6 Å². The number of benzene rings is 3. The lowest BCUT2D eigenvalue weighted by Crippen LogP contribution is -2.29. The molecule has 37 heavy (non-hydrogen) atoms. The number of aromatic nitrogens is 2. The third-order valence-corrected chi connectivity index (χ3v) is 6.43. The van der Waals surface area contributed by atoms with Crippen LogP contribution >= 0.6 is 39.1 Å². The van der Waals surface area contributed by atoms with Crippen LogP contribution in [0.4, 0.5) is 0 Å². The first-order chi connectivity index (χ1) is 17.4. The lowest BCUT2D eigenvalue weighted by atomic mass is 9.95. The van der Waals surface area contributed by atoms with Crippen LogP contribution in [0, 0.1) is 0 Å². The Labute approximate surface area is 231 Å². The lowest BCUT2D eigenvalue weighted by Gasteiger charge is -2.20. The van der Waals surface area contributed by atoms with Crippen molar-refractivity contribution in [1.82, 2.24) is 9.66 Å². The summed E-state index contributed by atoms with van der Waals surface area (Å²) >= 11 is 16.3. The van der Waals surface area contributed by atoms with Gasteiger partial charge in [-0.2, -0.15) is 9.78 Å². The van der Waals surface area contributed by atoms with Gasteiger partial charge in [-0.25, -0.2) is 9.78 Å². The largest absolute Gasteiger partial charge is 0.486 e. The molecule has 4 rings (SSSR count). The number of carboxylic acid groups (broad SMARTS) is 1. The van der Waals surface area contributed by atoms with E-state index in [1.54, 1.807) is 36.4 Å². The summed E-state index contributed by atoms with van der Waals surface area (Å²) in [7, 11) is 0. The number of aromatic carboxylic acids is 1. The Morgan fingerprint density at radius 3 is 2.49 bits per heavy atom. The van der Waals surface area contributed by atoms with Gasteiger partial charge < -0.3 is 9.84 Å². The number of halogens is 3. The molecule has 0 aliphatic carbocycles. The predicted octanol–water partition coefficient (Wildman–Crippen LogP) is 6.92. The fraction of sp³-hybridized carbons (Fsp3) is 0.185. The van der Waals surface area contributed by atoms with Crippen molar-refractivity contribution in [2.75, 3.05) is 0 Å². The van der Waals surface area contributed by atoms with Gasteiger partial charge in [0.05, 0.1) is 32.7 Å². The van der Waals surface area contributed by atoms with E-state index in [0.29, 0.717) is 27.9 Å². The average Bonchev–Trinajstić information content (AvgIpc) is 2.82. The number of ether oxygens (including phenoxy) is 1. The highest BCUT2D eigenvalue weighted by atomic mass is 79.9. The Morgan fingerprint density at radius 1 is 1.14 bits per heavy atom. The van der Waals surface area contributed by atoms with Crippen LogP contribution in [0.15, 0.2) is 69.0 Å². The molecule has 0 aliphatic heterocycles. The summed E-state index contributed by atoms with van der Waals surface area (Å²) in [5.41, 5.74) is 1.20. The van der Waals surface area contributed by atoms with Gasteiger partial charge in [0.1, 0.15) is 12.4 Å². The molecule has 0 saturated carbocycles. The Morgan fingerprint density at radius 2 is 1.84 bits per heavy atom. The van der Waals surface area contributed by atoms with Crippen LogP contribution < -0.4 is 10.3 Å². The minimum Gasteiger partial charge on any atom is -0.486 e. The number of nitrogens with zero attached hydrogens (tertiary/aromatic N) is 3. The molecule has 1 aromatic heterocycles. The molecule has 0 bridgehead atoms. The first-order valence-corrected chi connectivity index (χ1v) is 12.7. The number of fused-ring (bicyclic) bond motifs is 1. The van der Waals surface area contributed by atoms with E-state index >= 15 is 0 Å². The van der Waals surface area contributed by atoms with E-state index in [1.165, 1.54) is 23.0 Å². The first kappa shape index (κ1) is 26.9. The summed E-state index contributed by atoms with van der Waals surface area (Å²) in [6.07, 6.45) is 1.49. The molecule has 1 heterocycles. The SMILES string of the molecule is CC(C)(C)c1nc2ccc(Br)cc2c(=O)n1N=Cc1cc(Cl)c(OCc2cccc(C(=O)O)c2)c(Cl)c1. The van der Waals surface area contributed by atoms with Gasteiger partial charge in [0, 0.05) is 9.89 Å². The minimum absolute atomic E-state index is 0.0800. The molecular formula is C27H22BrCl2N3O4. The normalized spacial score (nSPS) is 11.8. The molecular weight excluding hydrogens is 581 g/mol. The zero-order valence-corrected chi connectivity index (χ0v) is 23.2. The summed E-state index contributed by atoms with van der Waals surface area (Å²) < 4.78 is 7.83. The maximum atomic E-state index is 13.3. The monoisotopic (exact) mass is 601 g/mol. The molecule has 0 atom stereocenters. The summed E-state index contributed by atoms with van der Waals surface area (Å²) in [6.45, 7) is 5.95. The average molecular weight is 603 g/mol. The Bertz CT molecular complexity index is 1590. The molecule has 0 fully saturated rings. The summed E-state index contributed by atoms with van der Waals surface area (Å²) in [6, 6.07) is 15.0. The molecule has 0 radical (unpaired) electrons. The van der Waals surface area contributed by atoms with Gasteiger partial charge in [0.25, 0.3) is 5.56 Å². The number of carboxylic acids is 1. The molecule has 1 N–H and O–H groups in total. The standard InChI is InChI=1S/C27H22BrCl2N3O4/c1-27(2,3)26-32-22-8-7-18(28)12-19(22)24(34)33(26)31-13-16-10-20(29)23(21(30)11-16)37-14-15-5-4-6-17(9-15)25(35)36/h4-13H,14H2,1-3H3,(H,35,36). The highest BCUT2D eigenvalue weighted by Crippen LogP contribution is 2.34. The van der Waals surface area contributed by atoms with E-state index in [1.807, 2.05) is 26.8 Å². The van der Waals surface area contributed by atoms with Crippen molar-refractivity contribution >= 4 is 62.2 Å². The maximum absolute atomic E-state index is 13.3. The molecule has 4 aromatic rings. The van der Waals surface area contributed by atoms with Gasteiger partial charge >= 0.3 is 5.97 Å². The number of carbonyl (C=O) groups is 1. The van der Waals surface area contributed by atoms with E-state index in [9.17, 15) is 9.59 Å². The second kappa shape index (κ2) is 10.7. The van der Waals surface area contributed by atoms with Gasteiger partial charge in [-0.15, -0.1) is 0 Å². The van der Waals surface area contributed by atoms with Gasteiger partial charge in [0.2, 0.25) is 0 Å². The van der Waals surface area contributed by atoms with Crippen LogP contribution in [0.3, 0.4) is 0 Å². The van der Waals surface area contributed by atoms with E-state index in [2.05, 4.69) is 21.0 Å². The molecule has 3 aromatic carbocycles. The lowest BCUT2D eigenvalue weighted by molar-refractivity contribution is 0.0696. The predicted molar refractivity (Wildman–Crippen MR) is 150 cm³/mol. The van der Waals surface area contributed by atoms with Gasteiger partial charge in [-0.1, -0.05) is 72.0 Å². The topological polar surface area (TPSA) is 93.8 Å². The number of hydrogen-bond donors (Lipinski definition) is 1. The summed E-state index contributed by atoms with van der Waals surface area (Å²) in [5.74, 6) is -0.264. The van der Waals surface area contributed by atoms with Crippen molar-refractivity contribution < 1.29 is 14.6 Å². The maximum Gasteiger partial charge on any atom is 0.335 e. The van der Waals surface area contributed by atoms with Crippen LogP contribution in [-0.4, -0.2) is 27.0 Å². The smallest absolute Gasteiger partial charge is 0.335 e. The van der Waals surface area contributed by atoms with Gasteiger partial charge in [0.15, 0.2) is 5.75 Å². The van der Waals surface area contributed by atoms with Gasteiger partial charge in [-0.3, -0.25) is 4.79 Å². The Balaban J connectivity index is 1.66. The van der Waals surface area contributed by atoms with Crippen molar-refractivity contribution in [2.24, 2.45) is 5.10 Å². The Kier molecular flexibility index (Phi) is 7.73. The Hall–Kier alpha value is -3.20. The molecule has 0 unspecified atom stereocenters. The van der Waals surface area contributed by atoms with Crippen LogP contribution in [-0.2, 0) is 12.0 Å². The first-order valence-electron chi connectivity index (χ1n) is 11.2. The quantitative estimate of drug-likeness (QED) is 0.242. The van der Waals surface area contributed by atoms with Crippen molar-refractivity contribution in [2.45, 2.75) is 32.8 Å². The fourth-order valence-corrected chi connectivity index (χ4v) is 4.58. The van der Waals surface area contributed by atoms with Crippen molar-refractivity contribution in [3.63, 3.8) is 0 Å². The fourth-order valence-electron chi connectivity index (χ4n) is 3.61. The third-order valence-electron chi connectivity index (χ3n) is 5.38. The van der Waals surface area contributed by atoms with E-state index in [0.717, 1.165) is 4.47 Å². The zero-order valence-electron chi connectivity index (χ0n) is 20.1. The van der Waals surface area contributed by atoms with Crippen LogP contribution in [0.5, 0.6) is 5.75 Å². The highest BCUT2D eigenvalue weighted by molar-refractivity contribution is 9.10. The highest BCUT2D eigenvalue weighted by Gasteiger charge is 2.23. The van der Waals surface area contributed by atoms with Crippen molar-refractivity contribution in [3.8, 4) is 5.75 Å².